The molecule has 4 rings (SSSR count). The maximum atomic E-state index is 5.43. The lowest BCUT2D eigenvalue weighted by Crippen LogP contribution is -2.48. The van der Waals surface area contributed by atoms with Crippen LogP contribution in [-0.4, -0.2) is 77.6 Å². The fourth-order valence-corrected chi connectivity index (χ4v) is 3.78. The number of furan rings is 1. The number of ether oxygens (including phenoxy) is 1. The van der Waals surface area contributed by atoms with Gasteiger partial charge in [0.15, 0.2) is 5.96 Å². The van der Waals surface area contributed by atoms with E-state index >= 15 is 0 Å². The van der Waals surface area contributed by atoms with Crippen molar-refractivity contribution in [3.05, 3.63) is 35.8 Å². The van der Waals surface area contributed by atoms with Crippen molar-refractivity contribution in [3.63, 3.8) is 0 Å². The van der Waals surface area contributed by atoms with E-state index in [-0.39, 0.29) is 24.0 Å². The van der Waals surface area contributed by atoms with Crippen LogP contribution in [0.1, 0.15) is 23.8 Å². The second-order valence-corrected chi connectivity index (χ2v) is 7.58. The molecule has 9 nitrogen and oxygen atoms in total. The number of rotatable bonds is 7. The van der Waals surface area contributed by atoms with Crippen LogP contribution < -0.4 is 10.6 Å². The van der Waals surface area contributed by atoms with Gasteiger partial charge in [-0.2, -0.15) is 5.10 Å². The van der Waals surface area contributed by atoms with Crippen molar-refractivity contribution in [1.29, 1.82) is 0 Å². The van der Waals surface area contributed by atoms with Crippen LogP contribution in [0.4, 0.5) is 0 Å². The third-order valence-electron chi connectivity index (χ3n) is 5.34. The lowest BCUT2D eigenvalue weighted by atomic mass is 10.1. The molecule has 0 bridgehead atoms. The molecular weight excluding hydrogens is 497 g/mol. The molecule has 1 unspecified atom stereocenters. The van der Waals surface area contributed by atoms with E-state index in [4.69, 9.17) is 14.1 Å². The minimum absolute atomic E-state index is 0. The highest BCUT2D eigenvalue weighted by Gasteiger charge is 2.21. The molecule has 4 heterocycles. The predicted molar refractivity (Wildman–Crippen MR) is 125 cm³/mol. The molecule has 166 valence electrons. The molecule has 0 aromatic carbocycles. The highest BCUT2D eigenvalue weighted by Crippen LogP contribution is 2.12. The van der Waals surface area contributed by atoms with Crippen LogP contribution in [-0.2, 0) is 24.1 Å². The van der Waals surface area contributed by atoms with Crippen molar-refractivity contribution in [2.75, 3.05) is 45.9 Å². The summed E-state index contributed by atoms with van der Waals surface area (Å²) in [6, 6.07) is 4.21. The fraction of sp³-hybridized carbons (Fsp3) is 0.650. The normalized spacial score (nSPS) is 19.8. The molecule has 2 aromatic rings. The number of hydrogen-bond acceptors (Lipinski definition) is 6. The van der Waals surface area contributed by atoms with Crippen LogP contribution in [0.3, 0.4) is 0 Å². The van der Waals surface area contributed by atoms with Crippen molar-refractivity contribution in [2.45, 2.75) is 38.8 Å². The molecule has 1 atom stereocenters. The Hall–Kier alpha value is -1.66. The largest absolute Gasteiger partial charge is 0.469 e. The lowest BCUT2D eigenvalue weighted by Gasteiger charge is -2.27. The second-order valence-electron chi connectivity index (χ2n) is 7.58. The molecule has 0 amide bonds. The topological polar surface area (TPSA) is 92.7 Å². The highest BCUT2D eigenvalue weighted by molar-refractivity contribution is 14.0. The van der Waals surface area contributed by atoms with Crippen molar-refractivity contribution in [1.82, 2.24) is 30.3 Å². The van der Waals surface area contributed by atoms with Gasteiger partial charge in [0.2, 0.25) is 0 Å². The Labute approximate surface area is 194 Å². The first-order valence-electron chi connectivity index (χ1n) is 10.5. The van der Waals surface area contributed by atoms with Crippen LogP contribution in [0.5, 0.6) is 0 Å². The van der Waals surface area contributed by atoms with Gasteiger partial charge in [-0.25, -0.2) is 9.67 Å². The molecule has 1 saturated heterocycles. The summed E-state index contributed by atoms with van der Waals surface area (Å²) < 4.78 is 12.9. The summed E-state index contributed by atoms with van der Waals surface area (Å²) in [5.41, 5.74) is 0. The highest BCUT2D eigenvalue weighted by atomic mass is 127. The Bertz CT molecular complexity index is 787. The second kappa shape index (κ2) is 11.7. The standard InChI is InChI=1S/C20H31N7O2.HI/c1-16-23-19-5-4-17(15-27(19)25-16)24-20(21-7-6-18-3-2-12-29-18)22-8-9-26-10-13-28-14-11-26;/h2-3,12,17H,4-11,13-15H2,1H3,(H2,21,22,24);1H. The molecule has 2 N–H and O–H groups in total. The molecule has 1 fully saturated rings. The third kappa shape index (κ3) is 6.67. The first-order valence-corrected chi connectivity index (χ1v) is 10.5. The van der Waals surface area contributed by atoms with E-state index in [9.17, 15) is 0 Å². The van der Waals surface area contributed by atoms with Gasteiger partial charge in [0.05, 0.1) is 32.6 Å². The van der Waals surface area contributed by atoms with Gasteiger partial charge in [0.25, 0.3) is 0 Å². The Morgan fingerprint density at radius 2 is 2.20 bits per heavy atom. The lowest BCUT2D eigenvalue weighted by molar-refractivity contribution is 0.0394. The Kier molecular flexibility index (Phi) is 8.94. The number of aromatic nitrogens is 3. The van der Waals surface area contributed by atoms with E-state index in [2.05, 4.69) is 25.6 Å². The Balaban J connectivity index is 0.00000256. The molecule has 30 heavy (non-hydrogen) atoms. The van der Waals surface area contributed by atoms with E-state index in [0.29, 0.717) is 6.04 Å². The summed E-state index contributed by atoms with van der Waals surface area (Å²) in [5, 5.41) is 11.6. The number of guanidine groups is 1. The summed E-state index contributed by atoms with van der Waals surface area (Å²) in [4.78, 5) is 11.7. The zero-order chi connectivity index (χ0) is 19.9. The summed E-state index contributed by atoms with van der Waals surface area (Å²) in [5.74, 6) is 3.76. The Morgan fingerprint density at radius 3 is 3.00 bits per heavy atom. The molecule has 0 radical (unpaired) electrons. The van der Waals surface area contributed by atoms with Crippen LogP contribution in [0.2, 0.25) is 0 Å². The number of nitrogens with zero attached hydrogens (tertiary/aromatic N) is 5. The number of aryl methyl sites for hydroxylation is 2. The van der Waals surface area contributed by atoms with Gasteiger partial charge in [-0.3, -0.25) is 9.89 Å². The van der Waals surface area contributed by atoms with Crippen molar-refractivity contribution in [2.24, 2.45) is 4.99 Å². The van der Waals surface area contributed by atoms with E-state index < -0.39 is 0 Å². The number of fused-ring (bicyclic) bond motifs is 1. The van der Waals surface area contributed by atoms with Gasteiger partial charge in [-0.05, 0) is 25.5 Å². The molecule has 10 heteroatoms. The molecule has 0 spiro atoms. The van der Waals surface area contributed by atoms with Crippen LogP contribution in [0.25, 0.3) is 0 Å². The van der Waals surface area contributed by atoms with Crippen LogP contribution >= 0.6 is 24.0 Å². The number of morpholine rings is 1. The smallest absolute Gasteiger partial charge is 0.191 e. The number of hydrogen-bond donors (Lipinski definition) is 2. The average molecular weight is 529 g/mol. The van der Waals surface area contributed by atoms with Crippen LogP contribution in [0.15, 0.2) is 27.8 Å². The van der Waals surface area contributed by atoms with Gasteiger partial charge in [0, 0.05) is 45.1 Å². The van der Waals surface area contributed by atoms with Gasteiger partial charge in [-0.1, -0.05) is 0 Å². The van der Waals surface area contributed by atoms with Gasteiger partial charge in [-0.15, -0.1) is 24.0 Å². The molecule has 2 aromatic heterocycles. The monoisotopic (exact) mass is 529 g/mol. The van der Waals surface area contributed by atoms with Gasteiger partial charge >= 0.3 is 0 Å². The van der Waals surface area contributed by atoms with Crippen molar-refractivity contribution < 1.29 is 9.15 Å². The number of halogens is 1. The summed E-state index contributed by atoms with van der Waals surface area (Å²) in [6.45, 7) is 8.86. The third-order valence-corrected chi connectivity index (χ3v) is 5.34. The van der Waals surface area contributed by atoms with E-state index in [1.165, 1.54) is 0 Å². The minimum atomic E-state index is 0. The first-order chi connectivity index (χ1) is 14.3. The molecule has 2 aliphatic heterocycles. The van der Waals surface area contributed by atoms with E-state index in [1.54, 1.807) is 6.26 Å². The minimum Gasteiger partial charge on any atom is -0.469 e. The van der Waals surface area contributed by atoms with E-state index in [1.807, 2.05) is 23.7 Å². The first kappa shape index (κ1) is 23.0. The molecule has 0 saturated carbocycles. The summed E-state index contributed by atoms with van der Waals surface area (Å²) in [7, 11) is 0. The maximum Gasteiger partial charge on any atom is 0.191 e. The van der Waals surface area contributed by atoms with Gasteiger partial charge < -0.3 is 19.8 Å². The molecule has 0 aliphatic carbocycles. The number of aliphatic imine (C=N–C) groups is 1. The SMILES string of the molecule is Cc1nc2n(n1)CC(NC(=NCCN1CCOCC1)NCCc1ccco1)CC2.I. The maximum absolute atomic E-state index is 5.43. The van der Waals surface area contributed by atoms with E-state index in [0.717, 1.165) is 95.1 Å². The number of nitrogens with one attached hydrogen (secondary N) is 2. The fourth-order valence-electron chi connectivity index (χ4n) is 3.78. The van der Waals surface area contributed by atoms with Gasteiger partial charge in [0.1, 0.15) is 17.4 Å². The summed E-state index contributed by atoms with van der Waals surface area (Å²) in [6.07, 6.45) is 4.51. The quantitative estimate of drug-likeness (QED) is 0.317. The zero-order valence-corrected chi connectivity index (χ0v) is 19.9. The zero-order valence-electron chi connectivity index (χ0n) is 17.5. The Morgan fingerprint density at radius 1 is 1.33 bits per heavy atom. The predicted octanol–water partition coefficient (Wildman–Crippen LogP) is 1.22. The van der Waals surface area contributed by atoms with Crippen LogP contribution in [0, 0.1) is 6.92 Å². The average Bonchev–Trinajstić information content (AvgIpc) is 3.37. The molecular formula is C20H32IN7O2. The summed E-state index contributed by atoms with van der Waals surface area (Å²) >= 11 is 0. The molecule has 2 aliphatic rings. The van der Waals surface area contributed by atoms with Crippen molar-refractivity contribution in [3.8, 4) is 0 Å². The van der Waals surface area contributed by atoms with Crippen molar-refractivity contribution >= 4 is 29.9 Å².